The summed E-state index contributed by atoms with van der Waals surface area (Å²) < 4.78 is 0. The number of nitrogens with two attached hydrogens (primary N) is 2. The number of hydrogen-bond acceptors (Lipinski definition) is 6. The van der Waals surface area contributed by atoms with Crippen molar-refractivity contribution in [2.45, 2.75) is 37.9 Å². The zero-order valence-electron chi connectivity index (χ0n) is 10.5. The monoisotopic (exact) mass is 254 g/mol. The van der Waals surface area contributed by atoms with Crippen LogP contribution in [0, 0.1) is 0 Å². The minimum Gasteiger partial charge on any atom is -0.390 e. The fourth-order valence-corrected chi connectivity index (χ4v) is 1.63. The third-order valence-corrected chi connectivity index (χ3v) is 2.73. The van der Waals surface area contributed by atoms with Gasteiger partial charge in [-0.15, -0.1) is 0 Å². The highest BCUT2D eigenvalue weighted by Crippen LogP contribution is 2.06. The highest BCUT2D eigenvalue weighted by molar-refractivity contribution is 5.05. The van der Waals surface area contributed by atoms with Crippen molar-refractivity contribution < 1.29 is 10.2 Å². The van der Waals surface area contributed by atoms with Crippen molar-refractivity contribution in [2.75, 3.05) is 13.1 Å². The molecule has 1 aromatic heterocycles. The van der Waals surface area contributed by atoms with E-state index in [1.54, 1.807) is 12.4 Å². The Morgan fingerprint density at radius 3 is 2.44 bits per heavy atom. The lowest BCUT2D eigenvalue weighted by atomic mass is 10.1. The molecule has 0 aliphatic heterocycles. The summed E-state index contributed by atoms with van der Waals surface area (Å²) in [7, 11) is 0. The molecule has 0 radical (unpaired) electrons. The van der Waals surface area contributed by atoms with Gasteiger partial charge in [-0.3, -0.25) is 9.97 Å². The van der Waals surface area contributed by atoms with Gasteiger partial charge in [-0.25, -0.2) is 0 Å². The Balaban J connectivity index is 2.53. The fraction of sp³-hybridized carbons (Fsp3) is 0.667. The van der Waals surface area contributed by atoms with E-state index in [0.29, 0.717) is 12.2 Å². The van der Waals surface area contributed by atoms with Crippen LogP contribution in [0.3, 0.4) is 0 Å². The second kappa shape index (κ2) is 8.10. The van der Waals surface area contributed by atoms with E-state index >= 15 is 0 Å². The van der Waals surface area contributed by atoms with Crippen LogP contribution < -0.4 is 11.5 Å². The molecule has 1 aromatic rings. The van der Waals surface area contributed by atoms with E-state index in [4.69, 9.17) is 11.5 Å². The third kappa shape index (κ3) is 5.05. The topological polar surface area (TPSA) is 118 Å². The average Bonchev–Trinajstić information content (AvgIpc) is 2.38. The Morgan fingerprint density at radius 2 is 1.78 bits per heavy atom. The molecule has 0 saturated heterocycles. The molecular formula is C12H22N4O2. The molecule has 6 nitrogen and oxygen atoms in total. The summed E-state index contributed by atoms with van der Waals surface area (Å²) in [6.45, 7) is 0.708. The van der Waals surface area contributed by atoms with E-state index in [1.165, 1.54) is 0 Å². The summed E-state index contributed by atoms with van der Waals surface area (Å²) in [5.41, 5.74) is 12.3. The zero-order valence-corrected chi connectivity index (χ0v) is 10.5. The van der Waals surface area contributed by atoms with Crippen LogP contribution in [-0.2, 0) is 12.8 Å². The molecule has 2 atom stereocenters. The summed E-state index contributed by atoms with van der Waals surface area (Å²) in [6.07, 6.45) is 4.51. The Kier molecular flexibility index (Phi) is 6.74. The molecule has 0 bridgehead atoms. The summed E-state index contributed by atoms with van der Waals surface area (Å²) in [5.74, 6) is 0. The summed E-state index contributed by atoms with van der Waals surface area (Å²) in [4.78, 5) is 8.47. The Labute approximate surface area is 107 Å². The number of hydrogen-bond donors (Lipinski definition) is 4. The molecule has 1 heterocycles. The van der Waals surface area contributed by atoms with Crippen molar-refractivity contribution in [1.82, 2.24) is 9.97 Å². The number of aliphatic hydroxyl groups excluding tert-OH is 2. The van der Waals surface area contributed by atoms with Gasteiger partial charge in [0, 0.05) is 25.4 Å². The second-order valence-electron chi connectivity index (χ2n) is 4.32. The Bertz CT molecular complexity index is 349. The van der Waals surface area contributed by atoms with Crippen molar-refractivity contribution in [3.8, 4) is 0 Å². The van der Waals surface area contributed by atoms with Gasteiger partial charge >= 0.3 is 0 Å². The molecule has 0 fully saturated rings. The van der Waals surface area contributed by atoms with E-state index in [2.05, 4.69) is 9.97 Å². The van der Waals surface area contributed by atoms with Crippen LogP contribution in [0.15, 0.2) is 12.4 Å². The standard InChI is InChI=1S/C12H22N4O2/c13-4-2-1-3-9-7-15-8-10(16-9)5-11(17)12(18)6-14/h7-8,11-12,17-18H,1-6,13-14H2/t11-,12-/m0/s1. The SMILES string of the molecule is NCCCCc1cncc(C[C@H](O)[C@@H](O)CN)n1. The minimum absolute atomic E-state index is 0.0325. The molecule has 0 unspecified atom stereocenters. The lowest BCUT2D eigenvalue weighted by Gasteiger charge is -2.15. The van der Waals surface area contributed by atoms with E-state index in [1.807, 2.05) is 0 Å². The maximum Gasteiger partial charge on any atom is 0.0924 e. The largest absolute Gasteiger partial charge is 0.390 e. The number of aryl methyl sites for hydroxylation is 1. The maximum absolute atomic E-state index is 9.66. The van der Waals surface area contributed by atoms with E-state index < -0.39 is 12.2 Å². The lowest BCUT2D eigenvalue weighted by molar-refractivity contribution is 0.0252. The Hall–Kier alpha value is -1.08. The maximum atomic E-state index is 9.66. The van der Waals surface area contributed by atoms with E-state index in [0.717, 1.165) is 25.0 Å². The van der Waals surface area contributed by atoms with Gasteiger partial charge in [0.25, 0.3) is 0 Å². The molecule has 0 spiro atoms. The van der Waals surface area contributed by atoms with Gasteiger partial charge in [0.05, 0.1) is 23.6 Å². The second-order valence-corrected chi connectivity index (χ2v) is 4.32. The van der Waals surface area contributed by atoms with Gasteiger partial charge in [-0.05, 0) is 25.8 Å². The van der Waals surface area contributed by atoms with Crippen LogP contribution >= 0.6 is 0 Å². The van der Waals surface area contributed by atoms with Crippen molar-refractivity contribution in [2.24, 2.45) is 11.5 Å². The first-order chi connectivity index (χ1) is 8.67. The lowest BCUT2D eigenvalue weighted by Crippen LogP contribution is -2.34. The smallest absolute Gasteiger partial charge is 0.0924 e. The van der Waals surface area contributed by atoms with Crippen LogP contribution in [0.5, 0.6) is 0 Å². The number of aliphatic hydroxyl groups is 2. The quantitative estimate of drug-likeness (QED) is 0.441. The van der Waals surface area contributed by atoms with Crippen LogP contribution in [-0.4, -0.2) is 45.5 Å². The van der Waals surface area contributed by atoms with Crippen molar-refractivity contribution in [1.29, 1.82) is 0 Å². The minimum atomic E-state index is -0.923. The number of nitrogens with zero attached hydrogens (tertiary/aromatic N) is 2. The number of unbranched alkanes of at least 4 members (excludes halogenated alkanes) is 1. The molecule has 6 N–H and O–H groups in total. The molecule has 6 heteroatoms. The summed E-state index contributed by atoms with van der Waals surface area (Å²) in [6, 6.07) is 0. The highest BCUT2D eigenvalue weighted by Gasteiger charge is 2.15. The van der Waals surface area contributed by atoms with Crippen LogP contribution in [0.2, 0.25) is 0 Å². The van der Waals surface area contributed by atoms with Crippen molar-refractivity contribution in [3.05, 3.63) is 23.8 Å². The predicted octanol–water partition coefficient (Wildman–Crippen LogP) is -1.02. The van der Waals surface area contributed by atoms with Crippen molar-refractivity contribution in [3.63, 3.8) is 0 Å². The molecule has 0 amide bonds. The first-order valence-corrected chi connectivity index (χ1v) is 6.23. The molecule has 102 valence electrons. The summed E-state index contributed by atoms with van der Waals surface area (Å²) in [5, 5.41) is 19.1. The molecular weight excluding hydrogens is 232 g/mol. The first-order valence-electron chi connectivity index (χ1n) is 6.23. The van der Waals surface area contributed by atoms with Crippen molar-refractivity contribution >= 4 is 0 Å². The van der Waals surface area contributed by atoms with Crippen LogP contribution in [0.25, 0.3) is 0 Å². The fourth-order valence-electron chi connectivity index (χ4n) is 1.63. The van der Waals surface area contributed by atoms with Gasteiger partial charge in [-0.1, -0.05) is 0 Å². The third-order valence-electron chi connectivity index (χ3n) is 2.73. The molecule has 1 rings (SSSR count). The predicted molar refractivity (Wildman–Crippen MR) is 68.8 cm³/mol. The molecule has 0 aliphatic rings. The normalized spacial score (nSPS) is 14.4. The summed E-state index contributed by atoms with van der Waals surface area (Å²) >= 11 is 0. The van der Waals surface area contributed by atoms with Gasteiger partial charge in [-0.2, -0.15) is 0 Å². The van der Waals surface area contributed by atoms with E-state index in [9.17, 15) is 10.2 Å². The molecule has 0 aromatic carbocycles. The first kappa shape index (κ1) is 15.0. The number of aromatic nitrogens is 2. The van der Waals surface area contributed by atoms with E-state index in [-0.39, 0.29) is 13.0 Å². The zero-order chi connectivity index (χ0) is 13.4. The van der Waals surface area contributed by atoms with Crippen LogP contribution in [0.1, 0.15) is 24.2 Å². The van der Waals surface area contributed by atoms with Crippen LogP contribution in [0.4, 0.5) is 0 Å². The van der Waals surface area contributed by atoms with Gasteiger partial charge in [0.15, 0.2) is 0 Å². The van der Waals surface area contributed by atoms with Gasteiger partial charge < -0.3 is 21.7 Å². The van der Waals surface area contributed by atoms with Gasteiger partial charge in [0.1, 0.15) is 0 Å². The van der Waals surface area contributed by atoms with Gasteiger partial charge in [0.2, 0.25) is 0 Å². The highest BCUT2D eigenvalue weighted by atomic mass is 16.3. The molecule has 0 saturated carbocycles. The molecule has 0 aliphatic carbocycles. The average molecular weight is 254 g/mol. The number of rotatable bonds is 8. The molecule has 18 heavy (non-hydrogen) atoms. The Morgan fingerprint density at radius 1 is 1.06 bits per heavy atom.